The van der Waals surface area contributed by atoms with Crippen molar-refractivity contribution in [2.75, 3.05) is 17.1 Å². The Kier molecular flexibility index (Phi) is 8.60. The number of nitrogens with one attached hydrogen (secondary N) is 1. The summed E-state index contributed by atoms with van der Waals surface area (Å²) < 4.78 is 26.2. The van der Waals surface area contributed by atoms with Crippen molar-refractivity contribution in [3.8, 4) is 0 Å². The third-order valence-electron chi connectivity index (χ3n) is 6.14. The Balaban J connectivity index is 1.86. The second kappa shape index (κ2) is 11.2. The number of hydrogen-bond acceptors (Lipinski definition) is 4. The van der Waals surface area contributed by atoms with E-state index in [1.165, 1.54) is 4.90 Å². The van der Waals surface area contributed by atoms with Crippen molar-refractivity contribution < 1.29 is 18.0 Å². The molecule has 1 N–H and O–H groups in total. The Bertz CT molecular complexity index is 1100. The maximum atomic E-state index is 13.5. The fraction of sp³-hybridized carbons (Fsp3) is 0.440. The molecule has 7 nitrogen and oxygen atoms in total. The molecule has 34 heavy (non-hydrogen) atoms. The molecule has 1 atom stereocenters. The highest BCUT2D eigenvalue weighted by atomic mass is 35.5. The van der Waals surface area contributed by atoms with Crippen LogP contribution >= 0.6 is 11.6 Å². The van der Waals surface area contributed by atoms with E-state index in [0.717, 1.165) is 47.4 Å². The molecule has 1 saturated carbocycles. The summed E-state index contributed by atoms with van der Waals surface area (Å²) in [5.74, 6) is -0.703. The lowest BCUT2D eigenvalue weighted by atomic mass is 10.1. The Morgan fingerprint density at radius 1 is 1.06 bits per heavy atom. The molecule has 0 unspecified atom stereocenters. The smallest absolute Gasteiger partial charge is 0.244 e. The molecule has 3 rings (SSSR count). The van der Waals surface area contributed by atoms with Gasteiger partial charge in [0.25, 0.3) is 0 Å². The number of hydrogen-bond donors (Lipinski definition) is 1. The van der Waals surface area contributed by atoms with Crippen LogP contribution in [0.1, 0.15) is 43.7 Å². The second-order valence-corrected chi connectivity index (χ2v) is 11.3. The van der Waals surface area contributed by atoms with Gasteiger partial charge in [-0.2, -0.15) is 0 Å². The predicted molar refractivity (Wildman–Crippen MR) is 135 cm³/mol. The summed E-state index contributed by atoms with van der Waals surface area (Å²) in [5, 5.41) is 3.61. The van der Waals surface area contributed by atoms with E-state index in [1.54, 1.807) is 55.5 Å². The van der Waals surface area contributed by atoms with Crippen molar-refractivity contribution in [1.29, 1.82) is 0 Å². The number of amides is 2. The third-order valence-corrected chi connectivity index (χ3v) is 7.53. The highest BCUT2D eigenvalue weighted by molar-refractivity contribution is 7.92. The van der Waals surface area contributed by atoms with E-state index < -0.39 is 28.5 Å². The molecule has 2 aromatic carbocycles. The maximum absolute atomic E-state index is 13.5. The highest BCUT2D eigenvalue weighted by Crippen LogP contribution is 2.21. The lowest BCUT2D eigenvalue weighted by molar-refractivity contribution is -0.139. The van der Waals surface area contributed by atoms with Gasteiger partial charge in [0.2, 0.25) is 21.8 Å². The van der Waals surface area contributed by atoms with Crippen molar-refractivity contribution in [1.82, 2.24) is 10.2 Å². The molecule has 0 radical (unpaired) electrons. The zero-order chi connectivity index (χ0) is 24.9. The summed E-state index contributed by atoms with van der Waals surface area (Å²) in [4.78, 5) is 28.0. The van der Waals surface area contributed by atoms with Gasteiger partial charge in [-0.1, -0.05) is 54.3 Å². The minimum atomic E-state index is -3.73. The number of carbonyl (C=O) groups excluding carboxylic acids is 2. The molecule has 184 valence electrons. The van der Waals surface area contributed by atoms with Crippen LogP contribution in [0.15, 0.2) is 48.5 Å². The first kappa shape index (κ1) is 26.0. The molecular formula is C25H32ClN3O4S. The number of rotatable bonds is 9. The van der Waals surface area contributed by atoms with E-state index in [2.05, 4.69) is 5.32 Å². The van der Waals surface area contributed by atoms with Crippen molar-refractivity contribution in [2.45, 2.75) is 58.2 Å². The Hall–Kier alpha value is -2.58. The van der Waals surface area contributed by atoms with Gasteiger partial charge < -0.3 is 10.2 Å². The first-order valence-corrected chi connectivity index (χ1v) is 13.7. The number of nitrogens with zero attached hydrogens (tertiary/aromatic N) is 2. The number of aryl methyl sites for hydroxylation is 1. The molecule has 0 bridgehead atoms. The monoisotopic (exact) mass is 505 g/mol. The molecule has 0 aromatic heterocycles. The minimum Gasteiger partial charge on any atom is -0.352 e. The summed E-state index contributed by atoms with van der Waals surface area (Å²) in [7, 11) is -3.73. The van der Waals surface area contributed by atoms with Crippen LogP contribution in [0.5, 0.6) is 0 Å². The number of halogens is 1. The average molecular weight is 506 g/mol. The largest absolute Gasteiger partial charge is 0.352 e. The number of benzene rings is 2. The van der Waals surface area contributed by atoms with Gasteiger partial charge in [-0.15, -0.1) is 0 Å². The minimum absolute atomic E-state index is 0.113. The van der Waals surface area contributed by atoms with Crippen molar-refractivity contribution in [2.24, 2.45) is 0 Å². The van der Waals surface area contributed by atoms with Gasteiger partial charge in [-0.3, -0.25) is 13.9 Å². The standard InChI is InChI=1S/C25H32ClN3O4S/c1-18-8-14-23(15-9-18)29(34(3,32)33)17-24(30)28(16-20-10-12-21(26)13-11-20)19(2)25(31)27-22-6-4-5-7-22/h8-15,19,22H,4-7,16-17H2,1-3H3,(H,27,31)/t19-/m0/s1. The Labute approximate surface area is 207 Å². The fourth-order valence-corrected chi connectivity index (χ4v) is 5.06. The fourth-order valence-electron chi connectivity index (χ4n) is 4.09. The summed E-state index contributed by atoms with van der Waals surface area (Å²) in [6.45, 7) is 3.32. The van der Waals surface area contributed by atoms with Gasteiger partial charge in [-0.05, 0) is 56.5 Å². The van der Waals surface area contributed by atoms with Crippen LogP contribution in [-0.2, 0) is 26.2 Å². The van der Waals surface area contributed by atoms with Crippen LogP contribution in [0.25, 0.3) is 0 Å². The first-order valence-electron chi connectivity index (χ1n) is 11.4. The van der Waals surface area contributed by atoms with Gasteiger partial charge in [-0.25, -0.2) is 8.42 Å². The van der Waals surface area contributed by atoms with Crippen LogP contribution in [0.3, 0.4) is 0 Å². The van der Waals surface area contributed by atoms with Crippen molar-refractivity contribution in [3.63, 3.8) is 0 Å². The van der Waals surface area contributed by atoms with Crippen LogP contribution < -0.4 is 9.62 Å². The van der Waals surface area contributed by atoms with Crippen LogP contribution in [0, 0.1) is 6.92 Å². The van der Waals surface area contributed by atoms with Gasteiger partial charge in [0, 0.05) is 17.6 Å². The summed E-state index contributed by atoms with van der Waals surface area (Å²) in [6, 6.07) is 13.3. The zero-order valence-corrected chi connectivity index (χ0v) is 21.4. The van der Waals surface area contributed by atoms with E-state index in [-0.39, 0.29) is 18.5 Å². The molecule has 0 saturated heterocycles. The molecule has 9 heteroatoms. The van der Waals surface area contributed by atoms with E-state index in [4.69, 9.17) is 11.6 Å². The third kappa shape index (κ3) is 6.96. The normalized spacial score (nSPS) is 15.1. The summed E-state index contributed by atoms with van der Waals surface area (Å²) >= 11 is 6.00. The summed E-state index contributed by atoms with van der Waals surface area (Å²) in [6.07, 6.45) is 5.08. The van der Waals surface area contributed by atoms with Crippen LogP contribution in [0.2, 0.25) is 5.02 Å². The molecule has 0 aliphatic heterocycles. The lowest BCUT2D eigenvalue weighted by Crippen LogP contribution is -2.52. The van der Waals surface area contributed by atoms with E-state index in [9.17, 15) is 18.0 Å². The van der Waals surface area contributed by atoms with Crippen LogP contribution in [-0.4, -0.2) is 50.0 Å². The molecule has 1 aliphatic carbocycles. The predicted octanol–water partition coefficient (Wildman–Crippen LogP) is 3.89. The van der Waals surface area contributed by atoms with Gasteiger partial charge in [0.05, 0.1) is 11.9 Å². The topological polar surface area (TPSA) is 86.8 Å². The van der Waals surface area contributed by atoms with Crippen LogP contribution in [0.4, 0.5) is 5.69 Å². The zero-order valence-electron chi connectivity index (χ0n) is 19.8. The van der Waals surface area contributed by atoms with Crippen molar-refractivity contribution in [3.05, 3.63) is 64.7 Å². The molecule has 1 aliphatic rings. The van der Waals surface area contributed by atoms with E-state index >= 15 is 0 Å². The van der Waals surface area contributed by atoms with E-state index in [1.807, 2.05) is 6.92 Å². The van der Waals surface area contributed by atoms with Gasteiger partial charge in [0.15, 0.2) is 0 Å². The number of sulfonamides is 1. The van der Waals surface area contributed by atoms with E-state index in [0.29, 0.717) is 10.7 Å². The first-order chi connectivity index (χ1) is 16.0. The summed E-state index contributed by atoms with van der Waals surface area (Å²) in [5.41, 5.74) is 2.17. The second-order valence-electron chi connectivity index (χ2n) is 8.92. The molecule has 0 spiro atoms. The Morgan fingerprint density at radius 3 is 2.21 bits per heavy atom. The maximum Gasteiger partial charge on any atom is 0.244 e. The lowest BCUT2D eigenvalue weighted by Gasteiger charge is -2.32. The molecule has 0 heterocycles. The SMILES string of the molecule is Cc1ccc(N(CC(=O)N(Cc2ccc(Cl)cc2)[C@@H](C)C(=O)NC2CCCC2)S(C)(=O)=O)cc1. The number of carbonyl (C=O) groups is 2. The van der Waals surface area contributed by atoms with Crippen molar-refractivity contribution >= 4 is 39.1 Å². The quantitative estimate of drug-likeness (QED) is 0.560. The highest BCUT2D eigenvalue weighted by Gasteiger charge is 2.31. The Morgan fingerprint density at radius 2 is 1.65 bits per heavy atom. The molecular weight excluding hydrogens is 474 g/mol. The number of anilines is 1. The molecule has 1 fully saturated rings. The van der Waals surface area contributed by atoms with Gasteiger partial charge >= 0.3 is 0 Å². The molecule has 2 aromatic rings. The average Bonchev–Trinajstić information content (AvgIpc) is 3.29. The van der Waals surface area contributed by atoms with Gasteiger partial charge in [0.1, 0.15) is 12.6 Å². The molecule has 2 amide bonds.